The fourth-order valence-corrected chi connectivity index (χ4v) is 3.93. The van der Waals surface area contributed by atoms with Crippen LogP contribution in [0, 0.1) is 5.82 Å². The second-order valence-corrected chi connectivity index (χ2v) is 7.50. The summed E-state index contributed by atoms with van der Waals surface area (Å²) in [6.45, 7) is 0.790. The lowest BCUT2D eigenvalue weighted by Crippen LogP contribution is -2.49. The highest BCUT2D eigenvalue weighted by Gasteiger charge is 2.52. The van der Waals surface area contributed by atoms with Crippen molar-refractivity contribution in [2.45, 2.75) is 37.7 Å². The van der Waals surface area contributed by atoms with Crippen LogP contribution in [0.5, 0.6) is 0 Å². The number of rotatable bonds is 4. The van der Waals surface area contributed by atoms with Gasteiger partial charge in [-0.25, -0.2) is 9.18 Å². The van der Waals surface area contributed by atoms with E-state index in [1.54, 1.807) is 23.1 Å². The number of fused-ring (bicyclic) bond motifs is 1. The summed E-state index contributed by atoms with van der Waals surface area (Å²) in [4.78, 5) is 14.3. The maximum absolute atomic E-state index is 14.4. The molecule has 0 aromatic heterocycles. The molecule has 1 amide bonds. The molecule has 0 bridgehead atoms. The van der Waals surface area contributed by atoms with Gasteiger partial charge in [-0.1, -0.05) is 42.5 Å². The fraction of sp³-hybridized carbons (Fsp3) is 0.350. The van der Waals surface area contributed by atoms with E-state index < -0.39 is 0 Å². The van der Waals surface area contributed by atoms with Crippen LogP contribution < -0.4 is 0 Å². The zero-order valence-corrected chi connectivity index (χ0v) is 15.7. The Bertz CT molecular complexity index is 801. The van der Waals surface area contributed by atoms with Crippen molar-refractivity contribution < 1.29 is 18.7 Å². The van der Waals surface area contributed by atoms with E-state index in [9.17, 15) is 9.18 Å². The molecule has 0 aliphatic carbocycles. The molecule has 3 atom stereocenters. The second kappa shape index (κ2) is 7.37. The second-order valence-electron chi connectivity index (χ2n) is 6.65. The van der Waals surface area contributed by atoms with Gasteiger partial charge in [-0.15, -0.1) is 0 Å². The Labute approximate surface area is 160 Å². The number of likely N-dealkylation sites (tertiary alicyclic amines) is 1. The molecule has 4 rings (SSSR count). The van der Waals surface area contributed by atoms with Gasteiger partial charge in [0.2, 0.25) is 0 Å². The van der Waals surface area contributed by atoms with Crippen molar-refractivity contribution in [3.8, 4) is 0 Å². The van der Waals surface area contributed by atoms with E-state index in [0.717, 1.165) is 12.0 Å². The van der Waals surface area contributed by atoms with E-state index in [-0.39, 0.29) is 36.8 Å². The number of benzene rings is 2. The number of hydrogen-bond acceptors (Lipinski definition) is 3. The monoisotopic (exact) mass is 419 g/mol. The minimum Gasteiger partial charge on any atom is -0.445 e. The number of nitrogens with zero attached hydrogens (tertiary/aromatic N) is 1. The van der Waals surface area contributed by atoms with Gasteiger partial charge in [0.15, 0.2) is 0 Å². The molecule has 6 heteroatoms. The Morgan fingerprint density at radius 3 is 2.85 bits per heavy atom. The zero-order chi connectivity index (χ0) is 18.1. The topological polar surface area (TPSA) is 42.1 Å². The number of carbonyl (C=O) groups excluding carboxylic acids is 1. The molecule has 2 saturated heterocycles. The van der Waals surface area contributed by atoms with Gasteiger partial charge in [-0.05, 0) is 46.0 Å². The Hall–Kier alpha value is -1.92. The molecule has 2 aromatic carbocycles. The molecule has 136 valence electrons. The third kappa shape index (κ3) is 3.62. The normalized spacial score (nSPS) is 24.1. The highest BCUT2D eigenvalue weighted by Crippen LogP contribution is 2.38. The first-order valence-electron chi connectivity index (χ1n) is 8.69. The van der Waals surface area contributed by atoms with Gasteiger partial charge in [0.05, 0.1) is 16.6 Å². The molecular formula is C20H19BrFNO3. The largest absolute Gasteiger partial charge is 0.445 e. The summed E-state index contributed by atoms with van der Waals surface area (Å²) < 4.78 is 26.0. The Balaban J connectivity index is 1.46. The Morgan fingerprint density at radius 1 is 1.23 bits per heavy atom. The van der Waals surface area contributed by atoms with Crippen molar-refractivity contribution in [1.82, 2.24) is 4.90 Å². The van der Waals surface area contributed by atoms with Gasteiger partial charge in [0.25, 0.3) is 0 Å². The molecule has 0 saturated carbocycles. The van der Waals surface area contributed by atoms with Crippen LogP contribution in [0.4, 0.5) is 9.18 Å². The van der Waals surface area contributed by atoms with Crippen LogP contribution in [-0.4, -0.2) is 35.8 Å². The SMILES string of the molecule is O=C(OCc1ccccc1)N1CC[C@@H]2O[C@@H]2[C@H]1Cc1cccc(Br)c1F. The summed E-state index contributed by atoms with van der Waals surface area (Å²) >= 11 is 3.22. The predicted molar refractivity (Wildman–Crippen MR) is 98.2 cm³/mol. The van der Waals surface area contributed by atoms with Crippen molar-refractivity contribution in [3.05, 3.63) is 69.9 Å². The van der Waals surface area contributed by atoms with Crippen molar-refractivity contribution in [2.24, 2.45) is 0 Å². The van der Waals surface area contributed by atoms with Crippen LogP contribution >= 0.6 is 15.9 Å². The molecule has 2 heterocycles. The molecule has 0 spiro atoms. The molecule has 2 aromatic rings. The highest BCUT2D eigenvalue weighted by atomic mass is 79.9. The summed E-state index contributed by atoms with van der Waals surface area (Å²) in [5.41, 5.74) is 1.51. The molecule has 2 aliphatic heterocycles. The molecule has 0 N–H and O–H groups in total. The quantitative estimate of drug-likeness (QED) is 0.693. The molecule has 26 heavy (non-hydrogen) atoms. The van der Waals surface area contributed by atoms with Crippen molar-refractivity contribution in [3.63, 3.8) is 0 Å². The predicted octanol–water partition coefficient (Wildman–Crippen LogP) is 4.31. The summed E-state index contributed by atoms with van der Waals surface area (Å²) in [6, 6.07) is 14.6. The van der Waals surface area contributed by atoms with Gasteiger partial charge in [0, 0.05) is 6.54 Å². The molecule has 0 unspecified atom stereocenters. The minimum atomic E-state index is -0.372. The number of hydrogen-bond donors (Lipinski definition) is 0. The van der Waals surface area contributed by atoms with Crippen LogP contribution in [0.25, 0.3) is 0 Å². The van der Waals surface area contributed by atoms with Crippen LogP contribution in [0.1, 0.15) is 17.5 Å². The first kappa shape index (κ1) is 17.5. The first-order valence-corrected chi connectivity index (χ1v) is 9.48. The van der Waals surface area contributed by atoms with E-state index in [0.29, 0.717) is 23.0 Å². The molecule has 0 radical (unpaired) electrons. The van der Waals surface area contributed by atoms with Crippen LogP contribution in [-0.2, 0) is 22.5 Å². The van der Waals surface area contributed by atoms with Gasteiger partial charge in [-0.2, -0.15) is 0 Å². The molecule has 2 aliphatic rings. The van der Waals surface area contributed by atoms with Gasteiger partial charge < -0.3 is 14.4 Å². The van der Waals surface area contributed by atoms with Crippen LogP contribution in [0.3, 0.4) is 0 Å². The Morgan fingerprint density at radius 2 is 2.04 bits per heavy atom. The van der Waals surface area contributed by atoms with E-state index in [2.05, 4.69) is 15.9 Å². The van der Waals surface area contributed by atoms with E-state index in [1.807, 2.05) is 30.3 Å². The van der Waals surface area contributed by atoms with Crippen LogP contribution in [0.15, 0.2) is 53.0 Å². The summed E-state index contributed by atoms with van der Waals surface area (Å²) in [6.07, 6.45) is 0.970. The number of halogens is 2. The lowest BCUT2D eigenvalue weighted by atomic mass is 9.95. The average Bonchev–Trinajstić information content (AvgIpc) is 3.45. The lowest BCUT2D eigenvalue weighted by molar-refractivity contribution is 0.0714. The van der Waals surface area contributed by atoms with E-state index in [1.165, 1.54) is 0 Å². The molecule has 2 fully saturated rings. The number of piperidine rings is 1. The number of ether oxygens (including phenoxy) is 2. The highest BCUT2D eigenvalue weighted by molar-refractivity contribution is 9.10. The van der Waals surface area contributed by atoms with Crippen molar-refractivity contribution in [2.75, 3.05) is 6.54 Å². The summed E-state index contributed by atoms with van der Waals surface area (Å²) in [5.74, 6) is -0.284. The maximum atomic E-state index is 14.4. The number of amides is 1. The standard InChI is InChI=1S/C20H19BrFNO3/c21-15-8-4-7-14(18(15)22)11-16-19-17(26-19)9-10-23(16)20(24)25-12-13-5-2-1-3-6-13/h1-8,16-17,19H,9-12H2/t16-,17+,19-/m1/s1. The molecule has 4 nitrogen and oxygen atoms in total. The third-order valence-corrected chi connectivity index (χ3v) is 5.57. The zero-order valence-electron chi connectivity index (χ0n) is 14.1. The summed E-state index contributed by atoms with van der Waals surface area (Å²) in [7, 11) is 0. The molecular weight excluding hydrogens is 401 g/mol. The fourth-order valence-electron chi connectivity index (χ4n) is 3.52. The van der Waals surface area contributed by atoms with E-state index >= 15 is 0 Å². The first-order chi connectivity index (χ1) is 12.6. The number of epoxide rings is 1. The van der Waals surface area contributed by atoms with Gasteiger partial charge in [0.1, 0.15) is 18.5 Å². The average molecular weight is 420 g/mol. The smallest absolute Gasteiger partial charge is 0.410 e. The number of carbonyl (C=O) groups is 1. The lowest BCUT2D eigenvalue weighted by Gasteiger charge is -2.33. The maximum Gasteiger partial charge on any atom is 0.410 e. The third-order valence-electron chi connectivity index (χ3n) is 4.96. The van der Waals surface area contributed by atoms with Crippen molar-refractivity contribution in [1.29, 1.82) is 0 Å². The van der Waals surface area contributed by atoms with Crippen LogP contribution in [0.2, 0.25) is 0 Å². The van der Waals surface area contributed by atoms with Crippen molar-refractivity contribution >= 4 is 22.0 Å². The minimum absolute atomic E-state index is 0.0357. The Kier molecular flexibility index (Phi) is 4.96. The summed E-state index contributed by atoms with van der Waals surface area (Å²) in [5, 5.41) is 0. The van der Waals surface area contributed by atoms with Gasteiger partial charge in [-0.3, -0.25) is 0 Å². The van der Waals surface area contributed by atoms with E-state index in [4.69, 9.17) is 9.47 Å². The van der Waals surface area contributed by atoms with Gasteiger partial charge >= 0.3 is 6.09 Å².